The van der Waals surface area contributed by atoms with Gasteiger partial charge in [0.25, 0.3) is 0 Å². The van der Waals surface area contributed by atoms with Crippen LogP contribution in [0.1, 0.15) is 31.9 Å². The number of nitrogens with one attached hydrogen (secondary N) is 1. The summed E-state index contributed by atoms with van der Waals surface area (Å²) < 4.78 is 27.3. The molecule has 4 rings (SSSR count). The van der Waals surface area contributed by atoms with Crippen LogP contribution in [-0.4, -0.2) is 70.1 Å². The van der Waals surface area contributed by atoms with Crippen molar-refractivity contribution in [2.24, 2.45) is 0 Å². The normalized spacial score (nSPS) is 15.2. The Kier molecular flexibility index (Phi) is 7.87. The van der Waals surface area contributed by atoms with Crippen molar-refractivity contribution >= 4 is 33.6 Å². The average molecular weight is 525 g/mol. The molecule has 0 aliphatic carbocycles. The minimum Gasteiger partial charge on any atom is -0.497 e. The molecule has 0 aromatic heterocycles. The molecule has 1 aliphatic heterocycles. The Morgan fingerprint density at radius 3 is 2.16 bits per heavy atom. The van der Waals surface area contributed by atoms with Crippen LogP contribution in [0.3, 0.4) is 0 Å². The minimum absolute atomic E-state index is 0.0469. The van der Waals surface area contributed by atoms with Crippen molar-refractivity contribution in [2.45, 2.75) is 45.4 Å². The van der Waals surface area contributed by atoms with E-state index in [1.165, 1.54) is 7.11 Å². The zero-order valence-electron chi connectivity index (χ0n) is 23.1. The van der Waals surface area contributed by atoms with Crippen LogP contribution in [0.2, 0.25) is 0 Å². The number of benzene rings is 3. The SMILES string of the molecule is COC(=O)CNCC1Cc2c(c3ccc(OC)cc3c3cc(OC)c(OC)cc23)CN1C(=O)OC(C)(C)C. The molecule has 1 heterocycles. The third kappa shape index (κ3) is 5.43. The molecule has 1 N–H and O–H groups in total. The fourth-order valence-corrected chi connectivity index (χ4v) is 5.00. The van der Waals surface area contributed by atoms with Gasteiger partial charge >= 0.3 is 12.1 Å². The summed E-state index contributed by atoms with van der Waals surface area (Å²) in [6, 6.07) is 9.69. The molecule has 0 bridgehead atoms. The maximum Gasteiger partial charge on any atom is 0.410 e. The highest BCUT2D eigenvalue weighted by molar-refractivity contribution is 6.12. The first-order chi connectivity index (χ1) is 18.1. The molecule has 1 atom stereocenters. The van der Waals surface area contributed by atoms with Crippen LogP contribution in [-0.2, 0) is 27.2 Å². The van der Waals surface area contributed by atoms with Gasteiger partial charge in [0.15, 0.2) is 11.5 Å². The molecule has 1 unspecified atom stereocenters. The first kappa shape index (κ1) is 27.3. The van der Waals surface area contributed by atoms with Crippen LogP contribution < -0.4 is 19.5 Å². The first-order valence-electron chi connectivity index (χ1n) is 12.5. The van der Waals surface area contributed by atoms with Crippen LogP contribution in [0.5, 0.6) is 17.2 Å². The third-order valence-electron chi connectivity index (χ3n) is 6.77. The second kappa shape index (κ2) is 10.9. The third-order valence-corrected chi connectivity index (χ3v) is 6.77. The largest absolute Gasteiger partial charge is 0.497 e. The second-order valence-corrected chi connectivity index (χ2v) is 10.3. The maximum atomic E-state index is 13.4. The van der Waals surface area contributed by atoms with Crippen LogP contribution >= 0.6 is 0 Å². The highest BCUT2D eigenvalue weighted by Crippen LogP contribution is 2.43. The van der Waals surface area contributed by atoms with Crippen molar-refractivity contribution in [2.75, 3.05) is 41.5 Å². The van der Waals surface area contributed by atoms with Crippen LogP contribution in [0.25, 0.3) is 21.5 Å². The van der Waals surface area contributed by atoms with Crippen LogP contribution in [0.15, 0.2) is 30.3 Å². The Hall–Kier alpha value is -3.72. The quantitative estimate of drug-likeness (QED) is 0.358. The molecular formula is C29H36N2O7. The lowest BCUT2D eigenvalue weighted by atomic mass is 9.85. The molecule has 9 heteroatoms. The number of fused-ring (bicyclic) bond motifs is 6. The van der Waals surface area contributed by atoms with Crippen LogP contribution in [0, 0.1) is 0 Å². The van der Waals surface area contributed by atoms with Gasteiger partial charge in [0, 0.05) is 6.54 Å². The molecule has 9 nitrogen and oxygen atoms in total. The zero-order chi connectivity index (χ0) is 27.6. The van der Waals surface area contributed by atoms with Gasteiger partial charge in [0.1, 0.15) is 11.4 Å². The number of esters is 1. The van der Waals surface area contributed by atoms with Crippen molar-refractivity contribution in [1.29, 1.82) is 0 Å². The summed E-state index contributed by atoms with van der Waals surface area (Å²) in [5, 5.41) is 7.17. The van der Waals surface area contributed by atoms with Gasteiger partial charge in [-0.3, -0.25) is 9.69 Å². The van der Waals surface area contributed by atoms with Gasteiger partial charge in [0.2, 0.25) is 0 Å². The molecule has 3 aromatic carbocycles. The van der Waals surface area contributed by atoms with Crippen molar-refractivity contribution in [1.82, 2.24) is 10.2 Å². The molecule has 0 radical (unpaired) electrons. The van der Waals surface area contributed by atoms with Crippen molar-refractivity contribution in [3.8, 4) is 17.2 Å². The van der Waals surface area contributed by atoms with E-state index in [1.807, 2.05) is 51.1 Å². The lowest BCUT2D eigenvalue weighted by molar-refractivity contribution is -0.139. The van der Waals surface area contributed by atoms with E-state index in [-0.39, 0.29) is 18.6 Å². The smallest absolute Gasteiger partial charge is 0.410 e. The predicted octanol–water partition coefficient (Wildman–Crippen LogP) is 4.44. The second-order valence-electron chi connectivity index (χ2n) is 10.3. The van der Waals surface area contributed by atoms with E-state index in [0.29, 0.717) is 31.0 Å². The lowest BCUT2D eigenvalue weighted by Crippen LogP contribution is -2.51. The summed E-state index contributed by atoms with van der Waals surface area (Å²) >= 11 is 0. The molecule has 0 fully saturated rings. The van der Waals surface area contributed by atoms with Gasteiger partial charge in [-0.05, 0) is 84.1 Å². The fourth-order valence-electron chi connectivity index (χ4n) is 5.00. The van der Waals surface area contributed by atoms with Gasteiger partial charge < -0.3 is 29.0 Å². The average Bonchev–Trinajstić information content (AvgIpc) is 2.90. The summed E-state index contributed by atoms with van der Waals surface area (Å²) in [6.07, 6.45) is 0.151. The fraction of sp³-hybridized carbons (Fsp3) is 0.448. The molecule has 0 saturated heterocycles. The van der Waals surface area contributed by atoms with Crippen LogP contribution in [0.4, 0.5) is 4.79 Å². The molecule has 204 valence electrons. The number of carbonyl (C=O) groups is 2. The molecular weight excluding hydrogens is 488 g/mol. The molecule has 1 aliphatic rings. The van der Waals surface area contributed by atoms with E-state index in [0.717, 1.165) is 38.4 Å². The Balaban J connectivity index is 1.90. The van der Waals surface area contributed by atoms with Crippen molar-refractivity contribution < 1.29 is 33.3 Å². The molecule has 1 amide bonds. The maximum absolute atomic E-state index is 13.4. The monoisotopic (exact) mass is 524 g/mol. The molecule has 38 heavy (non-hydrogen) atoms. The standard InChI is InChI=1S/C29H36N2O7/c1-29(2,3)38-28(33)31-16-24-19-9-8-18(34-4)11-21(19)23-13-26(36-6)25(35-5)12-22(23)20(24)10-17(31)14-30-15-27(32)37-7/h8-9,11-13,17,30H,10,14-16H2,1-7H3. The van der Waals surface area contributed by atoms with E-state index in [2.05, 4.69) is 5.32 Å². The highest BCUT2D eigenvalue weighted by atomic mass is 16.6. The summed E-state index contributed by atoms with van der Waals surface area (Å²) in [5.41, 5.74) is 1.50. The van der Waals surface area contributed by atoms with Gasteiger partial charge in [-0.25, -0.2) is 4.79 Å². The molecule has 0 spiro atoms. The predicted molar refractivity (Wildman–Crippen MR) is 145 cm³/mol. The number of ether oxygens (including phenoxy) is 5. The van der Waals surface area contributed by atoms with E-state index in [9.17, 15) is 9.59 Å². The number of amides is 1. The van der Waals surface area contributed by atoms with E-state index < -0.39 is 11.7 Å². The summed E-state index contributed by atoms with van der Waals surface area (Å²) in [4.78, 5) is 26.9. The van der Waals surface area contributed by atoms with Gasteiger partial charge in [-0.15, -0.1) is 0 Å². The van der Waals surface area contributed by atoms with E-state index in [4.69, 9.17) is 23.7 Å². The zero-order valence-corrected chi connectivity index (χ0v) is 23.1. The number of hydrogen-bond acceptors (Lipinski definition) is 8. The van der Waals surface area contributed by atoms with Crippen molar-refractivity contribution in [3.05, 3.63) is 41.5 Å². The van der Waals surface area contributed by atoms with Gasteiger partial charge in [-0.2, -0.15) is 0 Å². The number of methoxy groups -OCH3 is 4. The number of carbonyl (C=O) groups excluding carboxylic acids is 2. The Morgan fingerprint density at radius 2 is 1.55 bits per heavy atom. The summed E-state index contributed by atoms with van der Waals surface area (Å²) in [7, 11) is 6.22. The topological polar surface area (TPSA) is 95.6 Å². The summed E-state index contributed by atoms with van der Waals surface area (Å²) in [6.45, 7) is 6.34. The van der Waals surface area contributed by atoms with E-state index >= 15 is 0 Å². The van der Waals surface area contributed by atoms with Gasteiger partial charge in [0.05, 0.1) is 47.6 Å². The Labute approximate surface area is 222 Å². The molecule has 3 aromatic rings. The lowest BCUT2D eigenvalue weighted by Gasteiger charge is -2.39. The molecule has 0 saturated carbocycles. The number of nitrogens with zero attached hydrogens (tertiary/aromatic N) is 1. The summed E-state index contributed by atoms with van der Waals surface area (Å²) in [5.74, 6) is 1.62. The van der Waals surface area contributed by atoms with E-state index in [1.54, 1.807) is 26.2 Å². The Bertz CT molecular complexity index is 1360. The Morgan fingerprint density at radius 1 is 0.895 bits per heavy atom. The van der Waals surface area contributed by atoms with Gasteiger partial charge in [-0.1, -0.05) is 6.07 Å². The highest BCUT2D eigenvalue weighted by Gasteiger charge is 2.35. The van der Waals surface area contributed by atoms with Crippen molar-refractivity contribution in [3.63, 3.8) is 0 Å². The first-order valence-corrected chi connectivity index (χ1v) is 12.5. The number of rotatable bonds is 7. The number of hydrogen-bond donors (Lipinski definition) is 1. The minimum atomic E-state index is -0.649.